The van der Waals surface area contributed by atoms with E-state index in [0.717, 1.165) is 18.4 Å². The molecule has 0 aliphatic rings. The molecule has 21 heavy (non-hydrogen) atoms. The summed E-state index contributed by atoms with van der Waals surface area (Å²) in [5.74, 6) is 0.870. The summed E-state index contributed by atoms with van der Waals surface area (Å²) in [6, 6.07) is 6.75. The Morgan fingerprint density at radius 3 is 2.86 bits per heavy atom. The number of aryl methyl sites for hydroxylation is 1. The Labute approximate surface area is 135 Å². The summed E-state index contributed by atoms with van der Waals surface area (Å²) < 4.78 is 6.12. The highest BCUT2D eigenvalue weighted by Crippen LogP contribution is 2.32. The quantitative estimate of drug-likeness (QED) is 0.870. The van der Waals surface area contributed by atoms with E-state index >= 15 is 0 Å². The molecule has 0 saturated heterocycles. The minimum absolute atomic E-state index is 0.271. The van der Waals surface area contributed by atoms with Gasteiger partial charge in [0.2, 0.25) is 0 Å². The average molecular weight is 368 g/mol. The van der Waals surface area contributed by atoms with Crippen LogP contribution in [0.15, 0.2) is 33.7 Å². The molecule has 1 N–H and O–H groups in total. The lowest BCUT2D eigenvalue weighted by molar-refractivity contribution is 0.470. The maximum atomic E-state index is 11.7. The van der Waals surface area contributed by atoms with Crippen LogP contribution in [0.3, 0.4) is 0 Å². The molecule has 1 aromatic carbocycles. The molecule has 0 amide bonds. The van der Waals surface area contributed by atoms with Gasteiger partial charge in [0.15, 0.2) is 5.75 Å². The van der Waals surface area contributed by atoms with Crippen molar-refractivity contribution >= 4 is 27.5 Å². The van der Waals surface area contributed by atoms with Crippen LogP contribution >= 0.6 is 27.5 Å². The van der Waals surface area contributed by atoms with Crippen LogP contribution in [-0.4, -0.2) is 4.98 Å². The lowest BCUT2D eigenvalue weighted by atomic mass is 10.1. The lowest BCUT2D eigenvalue weighted by Crippen LogP contribution is -2.09. The molecule has 6 heteroatoms. The number of hydrogen-bond donors (Lipinski definition) is 1. The molecule has 4 nitrogen and oxygen atoms in total. The van der Waals surface area contributed by atoms with E-state index in [1.165, 1.54) is 0 Å². The number of pyridine rings is 1. The van der Waals surface area contributed by atoms with E-state index in [4.69, 9.17) is 21.6 Å². The van der Waals surface area contributed by atoms with Gasteiger partial charge in [-0.2, -0.15) is 5.26 Å². The first-order valence-corrected chi connectivity index (χ1v) is 7.50. The van der Waals surface area contributed by atoms with Crippen molar-refractivity contribution in [1.29, 1.82) is 5.26 Å². The molecular weight excluding hydrogens is 356 g/mol. The predicted molar refractivity (Wildman–Crippen MR) is 85.0 cm³/mol. The molecule has 0 atom stereocenters. The van der Waals surface area contributed by atoms with E-state index in [-0.39, 0.29) is 5.56 Å². The van der Waals surface area contributed by atoms with Gasteiger partial charge in [0, 0.05) is 16.8 Å². The number of aromatic nitrogens is 1. The van der Waals surface area contributed by atoms with Gasteiger partial charge in [-0.15, -0.1) is 0 Å². The molecule has 0 fully saturated rings. The number of halogens is 2. The van der Waals surface area contributed by atoms with Crippen LogP contribution < -0.4 is 10.3 Å². The number of hydrogen-bond acceptors (Lipinski definition) is 3. The topological polar surface area (TPSA) is 65.9 Å². The molecule has 0 aliphatic carbocycles. The van der Waals surface area contributed by atoms with Crippen molar-refractivity contribution in [2.75, 3.05) is 0 Å². The molecule has 108 valence electrons. The molecule has 0 unspecified atom stereocenters. The lowest BCUT2D eigenvalue weighted by Gasteiger charge is -2.12. The first-order valence-electron chi connectivity index (χ1n) is 6.33. The largest absolute Gasteiger partial charge is 0.456 e. The van der Waals surface area contributed by atoms with Crippen LogP contribution in [-0.2, 0) is 6.42 Å². The minimum atomic E-state index is -0.271. The van der Waals surface area contributed by atoms with Gasteiger partial charge in [0.05, 0.1) is 11.6 Å². The Hall–Kier alpha value is -1.77. The fourth-order valence-electron chi connectivity index (χ4n) is 1.90. The van der Waals surface area contributed by atoms with Crippen molar-refractivity contribution in [2.24, 2.45) is 0 Å². The molecular formula is C15H12BrClN2O2. The summed E-state index contributed by atoms with van der Waals surface area (Å²) in [5, 5.41) is 9.37. The summed E-state index contributed by atoms with van der Waals surface area (Å²) in [6.45, 7) is 2.04. The number of benzene rings is 1. The maximum Gasteiger partial charge on any atom is 0.266 e. The van der Waals surface area contributed by atoms with Crippen LogP contribution in [0.5, 0.6) is 11.5 Å². The molecule has 0 radical (unpaired) electrons. The monoisotopic (exact) mass is 366 g/mol. The fraction of sp³-hybridized carbons (Fsp3) is 0.200. The summed E-state index contributed by atoms with van der Waals surface area (Å²) in [5.41, 5.74) is 1.00. The number of nitrogens with zero attached hydrogens (tertiary/aromatic N) is 1. The predicted octanol–water partition coefficient (Wildman–Crippen LogP) is 4.41. The second kappa shape index (κ2) is 6.79. The molecule has 1 heterocycles. The van der Waals surface area contributed by atoms with Crippen molar-refractivity contribution in [1.82, 2.24) is 4.98 Å². The molecule has 0 saturated carbocycles. The van der Waals surface area contributed by atoms with E-state index in [2.05, 4.69) is 20.9 Å². The van der Waals surface area contributed by atoms with E-state index in [0.29, 0.717) is 26.6 Å². The second-order valence-electron chi connectivity index (χ2n) is 4.43. The smallest absolute Gasteiger partial charge is 0.266 e. The average Bonchev–Trinajstić information content (AvgIpc) is 2.46. The van der Waals surface area contributed by atoms with Gasteiger partial charge in [0.1, 0.15) is 10.2 Å². The van der Waals surface area contributed by atoms with Crippen LogP contribution in [0.4, 0.5) is 0 Å². The Morgan fingerprint density at radius 1 is 1.43 bits per heavy atom. The van der Waals surface area contributed by atoms with Gasteiger partial charge in [-0.05, 0) is 40.5 Å². The van der Waals surface area contributed by atoms with Crippen LogP contribution in [0.1, 0.15) is 24.5 Å². The number of nitriles is 1. The van der Waals surface area contributed by atoms with Crippen molar-refractivity contribution in [3.63, 3.8) is 0 Å². The van der Waals surface area contributed by atoms with Gasteiger partial charge in [0.25, 0.3) is 5.56 Å². The van der Waals surface area contributed by atoms with E-state index in [1.54, 1.807) is 24.4 Å². The normalized spacial score (nSPS) is 10.2. The second-order valence-corrected chi connectivity index (χ2v) is 5.66. The fourth-order valence-corrected chi connectivity index (χ4v) is 2.57. The van der Waals surface area contributed by atoms with Gasteiger partial charge >= 0.3 is 0 Å². The SMILES string of the molecule is CCCc1c[nH]c(=O)c(Br)c1Oc1cc(Cl)cc(C#N)c1. The Balaban J connectivity index is 2.48. The number of aromatic amines is 1. The summed E-state index contributed by atoms with van der Waals surface area (Å²) in [7, 11) is 0. The van der Waals surface area contributed by atoms with Gasteiger partial charge in [-0.3, -0.25) is 4.79 Å². The van der Waals surface area contributed by atoms with Crippen molar-refractivity contribution < 1.29 is 4.74 Å². The number of nitrogens with one attached hydrogen (secondary N) is 1. The summed E-state index contributed by atoms with van der Waals surface area (Å²) in [4.78, 5) is 14.4. The summed E-state index contributed by atoms with van der Waals surface area (Å²) in [6.07, 6.45) is 3.31. The van der Waals surface area contributed by atoms with Crippen molar-refractivity contribution in [3.8, 4) is 17.6 Å². The van der Waals surface area contributed by atoms with E-state index in [1.807, 2.05) is 13.0 Å². The van der Waals surface area contributed by atoms with Crippen LogP contribution in [0.25, 0.3) is 0 Å². The zero-order valence-corrected chi connectivity index (χ0v) is 13.6. The Kier molecular flexibility index (Phi) is 5.05. The number of rotatable bonds is 4. The third-order valence-electron chi connectivity index (χ3n) is 2.81. The Bertz CT molecular complexity index is 765. The molecule has 2 rings (SSSR count). The third-order valence-corrected chi connectivity index (χ3v) is 3.75. The number of H-pyrrole nitrogens is 1. The molecule has 1 aromatic heterocycles. The minimum Gasteiger partial charge on any atom is -0.456 e. The highest BCUT2D eigenvalue weighted by Gasteiger charge is 2.13. The molecule has 0 bridgehead atoms. The van der Waals surface area contributed by atoms with Gasteiger partial charge in [-0.25, -0.2) is 0 Å². The van der Waals surface area contributed by atoms with Crippen molar-refractivity contribution in [3.05, 3.63) is 55.4 Å². The van der Waals surface area contributed by atoms with E-state index < -0.39 is 0 Å². The highest BCUT2D eigenvalue weighted by atomic mass is 79.9. The molecule has 0 spiro atoms. The zero-order chi connectivity index (χ0) is 15.4. The third kappa shape index (κ3) is 3.66. The molecule has 2 aromatic rings. The van der Waals surface area contributed by atoms with Crippen LogP contribution in [0.2, 0.25) is 5.02 Å². The van der Waals surface area contributed by atoms with Crippen LogP contribution in [0, 0.1) is 11.3 Å². The first kappa shape index (κ1) is 15.6. The van der Waals surface area contributed by atoms with Gasteiger partial charge < -0.3 is 9.72 Å². The van der Waals surface area contributed by atoms with Gasteiger partial charge in [-0.1, -0.05) is 24.9 Å². The standard InChI is InChI=1S/C15H12BrClN2O2/c1-2-3-10-8-19-15(20)13(16)14(10)21-12-5-9(7-18)4-11(17)6-12/h4-6,8H,2-3H2,1H3,(H,19,20). The Morgan fingerprint density at radius 2 is 2.19 bits per heavy atom. The molecule has 0 aliphatic heterocycles. The first-order chi connectivity index (χ1) is 10.0. The zero-order valence-electron chi connectivity index (χ0n) is 11.2. The van der Waals surface area contributed by atoms with Crippen molar-refractivity contribution in [2.45, 2.75) is 19.8 Å². The number of ether oxygens (including phenoxy) is 1. The maximum absolute atomic E-state index is 11.7. The summed E-state index contributed by atoms with van der Waals surface area (Å²) >= 11 is 9.20. The van der Waals surface area contributed by atoms with E-state index in [9.17, 15) is 4.79 Å². The highest BCUT2D eigenvalue weighted by molar-refractivity contribution is 9.10.